The Hall–Kier alpha value is -1.56. The second kappa shape index (κ2) is 7.13. The lowest BCUT2D eigenvalue weighted by Gasteiger charge is -2.25. The number of carbonyl (C=O) groups is 1. The van der Waals surface area contributed by atoms with Crippen LogP contribution < -0.4 is 5.32 Å². The predicted octanol–water partition coefficient (Wildman–Crippen LogP) is 3.73. The normalized spacial score (nSPS) is 20.8. The molecule has 5 nitrogen and oxygen atoms in total. The topological polar surface area (TPSA) is 78.0 Å². The summed E-state index contributed by atoms with van der Waals surface area (Å²) in [4.78, 5) is 20.0. The SMILES string of the molecule is Cc1[nH]c(-c2ccc(Cl)cc2Cl)nc1C(=O)NC1CCC(O)CC1. The minimum Gasteiger partial charge on any atom is -0.393 e. The van der Waals surface area contributed by atoms with Gasteiger partial charge in [-0.05, 0) is 50.8 Å². The average molecular weight is 368 g/mol. The van der Waals surface area contributed by atoms with Crippen molar-refractivity contribution < 1.29 is 9.90 Å². The molecule has 0 bridgehead atoms. The summed E-state index contributed by atoms with van der Waals surface area (Å²) in [6, 6.07) is 5.23. The number of aryl methyl sites for hydroxylation is 1. The number of nitrogens with zero attached hydrogens (tertiary/aromatic N) is 1. The highest BCUT2D eigenvalue weighted by atomic mass is 35.5. The van der Waals surface area contributed by atoms with Crippen LogP contribution in [0.2, 0.25) is 10.0 Å². The molecule has 0 aliphatic heterocycles. The van der Waals surface area contributed by atoms with Gasteiger partial charge in [0, 0.05) is 22.3 Å². The molecular weight excluding hydrogens is 349 g/mol. The van der Waals surface area contributed by atoms with Crippen LogP contribution in [-0.2, 0) is 0 Å². The Morgan fingerprint density at radius 3 is 2.67 bits per heavy atom. The molecule has 2 aromatic rings. The highest BCUT2D eigenvalue weighted by Gasteiger charge is 2.23. The zero-order valence-electron chi connectivity index (χ0n) is 13.3. The maximum absolute atomic E-state index is 12.5. The fourth-order valence-corrected chi connectivity index (χ4v) is 3.46. The number of hydrogen-bond donors (Lipinski definition) is 3. The molecule has 128 valence electrons. The summed E-state index contributed by atoms with van der Waals surface area (Å²) < 4.78 is 0. The minimum atomic E-state index is -0.246. The molecule has 3 rings (SSSR count). The van der Waals surface area contributed by atoms with Crippen molar-refractivity contribution in [2.75, 3.05) is 0 Å². The summed E-state index contributed by atoms with van der Waals surface area (Å²) in [5.74, 6) is 0.333. The second-order valence-corrected chi connectivity index (χ2v) is 7.01. The van der Waals surface area contributed by atoms with Crippen LogP contribution in [0.4, 0.5) is 0 Å². The molecule has 1 aliphatic carbocycles. The van der Waals surface area contributed by atoms with Crippen LogP contribution in [0.25, 0.3) is 11.4 Å². The van der Waals surface area contributed by atoms with Gasteiger partial charge in [-0.25, -0.2) is 4.98 Å². The van der Waals surface area contributed by atoms with E-state index in [1.54, 1.807) is 25.1 Å². The highest BCUT2D eigenvalue weighted by molar-refractivity contribution is 6.36. The molecule has 0 unspecified atom stereocenters. The fraction of sp³-hybridized carbons (Fsp3) is 0.412. The number of nitrogens with one attached hydrogen (secondary N) is 2. The molecular formula is C17H19Cl2N3O2. The number of benzene rings is 1. The van der Waals surface area contributed by atoms with Crippen LogP contribution in [-0.4, -0.2) is 33.1 Å². The maximum Gasteiger partial charge on any atom is 0.271 e. The number of aromatic amines is 1. The molecule has 1 aromatic carbocycles. The van der Waals surface area contributed by atoms with E-state index >= 15 is 0 Å². The first-order valence-electron chi connectivity index (χ1n) is 7.95. The minimum absolute atomic E-state index is 0.0829. The van der Waals surface area contributed by atoms with Crippen LogP contribution in [0.5, 0.6) is 0 Å². The Bertz CT molecular complexity index is 752. The van der Waals surface area contributed by atoms with Crippen molar-refractivity contribution in [3.63, 3.8) is 0 Å². The van der Waals surface area contributed by atoms with E-state index in [-0.39, 0.29) is 18.1 Å². The fourth-order valence-electron chi connectivity index (χ4n) is 2.96. The Kier molecular flexibility index (Phi) is 5.13. The number of rotatable bonds is 3. The van der Waals surface area contributed by atoms with E-state index < -0.39 is 0 Å². The second-order valence-electron chi connectivity index (χ2n) is 6.16. The average Bonchev–Trinajstić information content (AvgIpc) is 2.91. The smallest absolute Gasteiger partial charge is 0.271 e. The van der Waals surface area contributed by atoms with Crippen molar-refractivity contribution in [2.45, 2.75) is 44.8 Å². The molecule has 1 heterocycles. The number of aromatic nitrogens is 2. The van der Waals surface area contributed by atoms with Gasteiger partial charge < -0.3 is 15.4 Å². The Morgan fingerprint density at radius 2 is 2.00 bits per heavy atom. The van der Waals surface area contributed by atoms with Crippen molar-refractivity contribution in [1.82, 2.24) is 15.3 Å². The Balaban J connectivity index is 1.77. The predicted molar refractivity (Wildman–Crippen MR) is 94.5 cm³/mol. The van der Waals surface area contributed by atoms with Gasteiger partial charge in [0.15, 0.2) is 0 Å². The van der Waals surface area contributed by atoms with Crippen LogP contribution >= 0.6 is 23.2 Å². The summed E-state index contributed by atoms with van der Waals surface area (Å²) in [6.45, 7) is 1.81. The Morgan fingerprint density at radius 1 is 1.29 bits per heavy atom. The van der Waals surface area contributed by atoms with Crippen LogP contribution in [0.15, 0.2) is 18.2 Å². The number of hydrogen-bond acceptors (Lipinski definition) is 3. The lowest BCUT2D eigenvalue weighted by molar-refractivity contribution is 0.0863. The third-order valence-corrected chi connectivity index (χ3v) is 4.87. The molecule has 24 heavy (non-hydrogen) atoms. The van der Waals surface area contributed by atoms with E-state index in [9.17, 15) is 9.90 Å². The van der Waals surface area contributed by atoms with Gasteiger partial charge in [0.25, 0.3) is 5.91 Å². The zero-order chi connectivity index (χ0) is 17.3. The monoisotopic (exact) mass is 367 g/mol. The summed E-state index contributed by atoms with van der Waals surface area (Å²) in [5.41, 5.74) is 1.75. The van der Waals surface area contributed by atoms with Gasteiger partial charge in [-0.15, -0.1) is 0 Å². The number of aliphatic hydroxyl groups is 1. The maximum atomic E-state index is 12.5. The first kappa shape index (κ1) is 17.3. The molecule has 1 fully saturated rings. The number of aliphatic hydroxyl groups excluding tert-OH is 1. The van der Waals surface area contributed by atoms with Gasteiger partial charge in [-0.3, -0.25) is 4.79 Å². The lowest BCUT2D eigenvalue weighted by Crippen LogP contribution is -2.39. The van der Waals surface area contributed by atoms with E-state index in [0.717, 1.165) is 25.7 Å². The summed E-state index contributed by atoms with van der Waals surface area (Å²) in [5, 5.41) is 13.6. The van der Waals surface area contributed by atoms with E-state index in [2.05, 4.69) is 15.3 Å². The number of carbonyl (C=O) groups excluding carboxylic acids is 1. The van der Waals surface area contributed by atoms with Gasteiger partial charge in [0.2, 0.25) is 0 Å². The first-order chi connectivity index (χ1) is 11.4. The lowest BCUT2D eigenvalue weighted by atomic mass is 9.93. The first-order valence-corrected chi connectivity index (χ1v) is 8.70. The van der Waals surface area contributed by atoms with Crippen LogP contribution in [0.3, 0.4) is 0 Å². The van der Waals surface area contributed by atoms with E-state index in [1.807, 2.05) is 0 Å². The number of amides is 1. The van der Waals surface area contributed by atoms with E-state index in [4.69, 9.17) is 23.2 Å². The molecule has 0 radical (unpaired) electrons. The van der Waals surface area contributed by atoms with Crippen LogP contribution in [0, 0.1) is 6.92 Å². The molecule has 1 saturated carbocycles. The molecule has 0 saturated heterocycles. The molecule has 1 aromatic heterocycles. The van der Waals surface area contributed by atoms with Gasteiger partial charge >= 0.3 is 0 Å². The molecule has 1 aliphatic rings. The molecule has 3 N–H and O–H groups in total. The van der Waals surface area contributed by atoms with Crippen LogP contribution in [0.1, 0.15) is 41.9 Å². The molecule has 1 amide bonds. The van der Waals surface area contributed by atoms with E-state index in [0.29, 0.717) is 32.8 Å². The summed E-state index contributed by atoms with van der Waals surface area (Å²) in [6.07, 6.45) is 2.76. The number of halogens is 2. The summed E-state index contributed by atoms with van der Waals surface area (Å²) in [7, 11) is 0. The van der Waals surface area contributed by atoms with Gasteiger partial charge in [0.1, 0.15) is 11.5 Å². The van der Waals surface area contributed by atoms with Gasteiger partial charge in [-0.2, -0.15) is 0 Å². The van der Waals surface area contributed by atoms with Gasteiger partial charge in [0.05, 0.1) is 11.1 Å². The number of imidazole rings is 1. The largest absolute Gasteiger partial charge is 0.393 e. The third kappa shape index (κ3) is 3.74. The molecule has 0 atom stereocenters. The van der Waals surface area contributed by atoms with E-state index in [1.165, 1.54) is 0 Å². The zero-order valence-corrected chi connectivity index (χ0v) is 14.8. The number of H-pyrrole nitrogens is 1. The van der Waals surface area contributed by atoms with Gasteiger partial charge in [-0.1, -0.05) is 23.2 Å². The van der Waals surface area contributed by atoms with Crippen molar-refractivity contribution >= 4 is 29.1 Å². The Labute approximate surface area is 150 Å². The molecule has 0 spiro atoms. The molecule has 7 heteroatoms. The van der Waals surface area contributed by atoms with Crippen molar-refractivity contribution in [1.29, 1.82) is 0 Å². The third-order valence-electron chi connectivity index (χ3n) is 4.32. The van der Waals surface area contributed by atoms with Crippen molar-refractivity contribution in [2.24, 2.45) is 0 Å². The standard InChI is InChI=1S/C17H19Cl2N3O2/c1-9-15(17(24)21-11-3-5-12(23)6-4-11)22-16(20-9)13-7-2-10(18)8-14(13)19/h2,7-8,11-12,23H,3-6H2,1H3,(H,20,22)(H,21,24). The van der Waals surface area contributed by atoms with Crippen molar-refractivity contribution in [3.05, 3.63) is 39.6 Å². The highest BCUT2D eigenvalue weighted by Crippen LogP contribution is 2.29. The van der Waals surface area contributed by atoms with Crippen molar-refractivity contribution in [3.8, 4) is 11.4 Å². The summed E-state index contributed by atoms with van der Waals surface area (Å²) >= 11 is 12.1. The quantitative estimate of drug-likeness (QED) is 0.773.